The maximum atomic E-state index is 9.77. The minimum atomic E-state index is 0.141. The van der Waals surface area contributed by atoms with Crippen LogP contribution in [0.1, 0.15) is 17.5 Å². The summed E-state index contributed by atoms with van der Waals surface area (Å²) in [5, 5.41) is 16.8. The number of benzene rings is 2. The maximum absolute atomic E-state index is 9.77. The van der Waals surface area contributed by atoms with Gasteiger partial charge in [-0.3, -0.25) is 0 Å². The van der Waals surface area contributed by atoms with Crippen molar-refractivity contribution in [1.29, 1.82) is 0 Å². The van der Waals surface area contributed by atoms with Crippen molar-refractivity contribution >= 4 is 0 Å². The molecule has 0 saturated carbocycles. The second kappa shape index (κ2) is 12.9. The van der Waals surface area contributed by atoms with E-state index in [0.717, 1.165) is 49.0 Å². The van der Waals surface area contributed by atoms with Crippen LogP contribution in [-0.2, 0) is 12.8 Å². The first-order valence-electron chi connectivity index (χ1n) is 9.12. The highest BCUT2D eigenvalue weighted by atomic mass is 16.5. The van der Waals surface area contributed by atoms with Crippen LogP contribution in [0.5, 0.6) is 23.0 Å². The smallest absolute Gasteiger partial charge is 0.160 e. The van der Waals surface area contributed by atoms with Gasteiger partial charge in [-0.2, -0.15) is 0 Å². The van der Waals surface area contributed by atoms with E-state index in [4.69, 9.17) is 24.1 Å². The third kappa shape index (κ3) is 6.62. The fourth-order valence-electron chi connectivity index (χ4n) is 3.01. The minimum absolute atomic E-state index is 0.141. The molecule has 0 aromatic heterocycles. The normalized spacial score (nSPS) is 11.1. The third-order valence-corrected chi connectivity index (χ3v) is 4.52. The largest absolute Gasteiger partial charge is 0.493 e. The van der Waals surface area contributed by atoms with Gasteiger partial charge in [0, 0.05) is 13.7 Å². The van der Waals surface area contributed by atoms with Crippen molar-refractivity contribution in [3.63, 3.8) is 0 Å². The maximum Gasteiger partial charge on any atom is 0.160 e. The summed E-state index contributed by atoms with van der Waals surface area (Å²) in [6.07, 6.45) is 2.52. The van der Waals surface area contributed by atoms with Crippen molar-refractivity contribution in [3.05, 3.63) is 47.5 Å². The molecule has 6 heteroatoms. The molecular weight excluding hydrogens is 360 g/mol. The van der Waals surface area contributed by atoms with Crippen molar-refractivity contribution in [2.45, 2.75) is 19.3 Å². The molecule has 156 valence electrons. The molecule has 0 aliphatic rings. The lowest BCUT2D eigenvalue weighted by Gasteiger charge is -2.16. The lowest BCUT2D eigenvalue weighted by atomic mass is 9.93. The molecule has 0 aliphatic heterocycles. The van der Waals surface area contributed by atoms with Gasteiger partial charge in [0.2, 0.25) is 0 Å². The van der Waals surface area contributed by atoms with Gasteiger partial charge < -0.3 is 29.2 Å². The molecule has 0 radical (unpaired) electrons. The van der Waals surface area contributed by atoms with Crippen LogP contribution in [0.2, 0.25) is 0 Å². The first-order chi connectivity index (χ1) is 13.6. The molecule has 0 spiro atoms. The molecule has 1 unspecified atom stereocenters. The predicted molar refractivity (Wildman–Crippen MR) is 110 cm³/mol. The predicted octanol–water partition coefficient (Wildman–Crippen LogP) is 3.11. The summed E-state index contributed by atoms with van der Waals surface area (Å²) in [4.78, 5) is 0. The van der Waals surface area contributed by atoms with E-state index in [0.29, 0.717) is 11.5 Å². The van der Waals surface area contributed by atoms with Gasteiger partial charge >= 0.3 is 0 Å². The Kier molecular flexibility index (Phi) is 10.8. The van der Waals surface area contributed by atoms with Crippen molar-refractivity contribution in [2.24, 2.45) is 5.92 Å². The summed E-state index contributed by atoms with van der Waals surface area (Å²) in [7, 11) is 7.51. The van der Waals surface area contributed by atoms with Gasteiger partial charge in [-0.15, -0.1) is 0 Å². The monoisotopic (exact) mass is 392 g/mol. The number of aliphatic hydroxyl groups excluding tert-OH is 2. The number of ether oxygens (including phenoxy) is 4. The van der Waals surface area contributed by atoms with Gasteiger partial charge in [0.25, 0.3) is 0 Å². The van der Waals surface area contributed by atoms with E-state index in [2.05, 4.69) is 0 Å². The zero-order valence-corrected chi connectivity index (χ0v) is 17.4. The Labute approximate surface area is 167 Å². The van der Waals surface area contributed by atoms with Crippen LogP contribution >= 0.6 is 0 Å². The SMILES string of the molecule is CO.COc1ccc(CCC(CO)Cc2ccc(OC)c(OC)c2)cc1OC. The molecular formula is C22H32O6. The number of aryl methyl sites for hydroxylation is 1. The van der Waals surface area contributed by atoms with E-state index in [1.165, 1.54) is 0 Å². The van der Waals surface area contributed by atoms with Gasteiger partial charge in [0.15, 0.2) is 23.0 Å². The van der Waals surface area contributed by atoms with Gasteiger partial charge in [0.1, 0.15) is 0 Å². The van der Waals surface area contributed by atoms with Crippen LogP contribution in [0.3, 0.4) is 0 Å². The van der Waals surface area contributed by atoms with E-state index in [-0.39, 0.29) is 12.5 Å². The van der Waals surface area contributed by atoms with Crippen molar-refractivity contribution in [1.82, 2.24) is 0 Å². The standard InChI is InChI=1S/C21H28O5.CH4O/c1-23-18-9-7-15(12-20(18)25-3)5-6-17(14-22)11-16-8-10-19(24-2)21(13-16)26-4;1-2/h7-10,12-13,17,22H,5-6,11,14H2,1-4H3;2H,1H3. The van der Waals surface area contributed by atoms with Gasteiger partial charge in [-0.1, -0.05) is 12.1 Å². The van der Waals surface area contributed by atoms with Crippen LogP contribution in [-0.4, -0.2) is 52.4 Å². The molecule has 28 heavy (non-hydrogen) atoms. The van der Waals surface area contributed by atoms with E-state index < -0.39 is 0 Å². The molecule has 2 rings (SSSR count). The fourth-order valence-corrected chi connectivity index (χ4v) is 3.01. The van der Waals surface area contributed by atoms with Crippen LogP contribution in [0.4, 0.5) is 0 Å². The Morgan fingerprint density at radius 2 is 1.18 bits per heavy atom. The highest BCUT2D eigenvalue weighted by Gasteiger charge is 2.13. The lowest BCUT2D eigenvalue weighted by Crippen LogP contribution is -2.11. The zero-order chi connectivity index (χ0) is 20.9. The Bertz CT molecular complexity index is 701. The molecule has 1 atom stereocenters. The minimum Gasteiger partial charge on any atom is -0.493 e. The van der Waals surface area contributed by atoms with Crippen molar-refractivity contribution < 1.29 is 29.2 Å². The Balaban J connectivity index is 0.00000190. The Morgan fingerprint density at radius 1 is 0.714 bits per heavy atom. The first-order valence-corrected chi connectivity index (χ1v) is 9.12. The molecule has 2 aromatic rings. The average molecular weight is 392 g/mol. The number of rotatable bonds is 10. The summed E-state index contributed by atoms with van der Waals surface area (Å²) in [6, 6.07) is 11.8. The number of hydrogen-bond acceptors (Lipinski definition) is 6. The van der Waals surface area contributed by atoms with Crippen molar-refractivity contribution in [3.8, 4) is 23.0 Å². The molecule has 0 fully saturated rings. The summed E-state index contributed by atoms with van der Waals surface area (Å²) in [5.41, 5.74) is 2.28. The highest BCUT2D eigenvalue weighted by Crippen LogP contribution is 2.30. The fraction of sp³-hybridized carbons (Fsp3) is 0.455. The molecule has 6 nitrogen and oxygen atoms in total. The number of hydrogen-bond donors (Lipinski definition) is 2. The van der Waals surface area contributed by atoms with E-state index >= 15 is 0 Å². The molecule has 0 bridgehead atoms. The van der Waals surface area contributed by atoms with Crippen LogP contribution in [0, 0.1) is 5.92 Å². The molecule has 2 aromatic carbocycles. The molecule has 0 amide bonds. The van der Waals surface area contributed by atoms with Gasteiger partial charge in [-0.05, 0) is 60.6 Å². The van der Waals surface area contributed by atoms with E-state index in [1.807, 2.05) is 36.4 Å². The second-order valence-electron chi connectivity index (χ2n) is 6.17. The van der Waals surface area contributed by atoms with E-state index in [1.54, 1.807) is 28.4 Å². The summed E-state index contributed by atoms with van der Waals surface area (Å²) in [6.45, 7) is 0.141. The summed E-state index contributed by atoms with van der Waals surface area (Å²) in [5.74, 6) is 3.04. The van der Waals surface area contributed by atoms with Gasteiger partial charge in [-0.25, -0.2) is 0 Å². The molecule has 0 saturated heterocycles. The molecule has 0 heterocycles. The average Bonchev–Trinajstić information content (AvgIpc) is 2.77. The Hall–Kier alpha value is -2.44. The van der Waals surface area contributed by atoms with Crippen LogP contribution in [0.25, 0.3) is 0 Å². The number of aliphatic hydroxyl groups is 2. The highest BCUT2D eigenvalue weighted by molar-refractivity contribution is 5.44. The summed E-state index contributed by atoms with van der Waals surface area (Å²) >= 11 is 0. The molecule has 2 N–H and O–H groups in total. The third-order valence-electron chi connectivity index (χ3n) is 4.52. The number of methoxy groups -OCH3 is 4. The molecule has 0 aliphatic carbocycles. The first kappa shape index (κ1) is 23.6. The Morgan fingerprint density at radius 3 is 1.64 bits per heavy atom. The lowest BCUT2D eigenvalue weighted by molar-refractivity contribution is 0.218. The topological polar surface area (TPSA) is 77.4 Å². The van der Waals surface area contributed by atoms with Crippen LogP contribution in [0.15, 0.2) is 36.4 Å². The summed E-state index contributed by atoms with van der Waals surface area (Å²) < 4.78 is 21.3. The van der Waals surface area contributed by atoms with E-state index in [9.17, 15) is 5.11 Å². The quantitative estimate of drug-likeness (QED) is 0.647. The van der Waals surface area contributed by atoms with Crippen molar-refractivity contribution in [2.75, 3.05) is 42.2 Å². The zero-order valence-electron chi connectivity index (χ0n) is 17.4. The van der Waals surface area contributed by atoms with Crippen LogP contribution < -0.4 is 18.9 Å². The second-order valence-corrected chi connectivity index (χ2v) is 6.17. The van der Waals surface area contributed by atoms with Gasteiger partial charge in [0.05, 0.1) is 28.4 Å².